The van der Waals surface area contributed by atoms with Crippen LogP contribution >= 0.6 is 11.8 Å². The van der Waals surface area contributed by atoms with Crippen LogP contribution in [0.25, 0.3) is 0 Å². The molecule has 3 aliphatic heterocycles. The molecule has 0 saturated carbocycles. The number of thioether (sulfide) groups is 1. The van der Waals surface area contributed by atoms with Crippen LogP contribution in [0.15, 0.2) is 79.9 Å². The Bertz CT molecular complexity index is 1400. The number of fused-ring (bicyclic) bond motifs is 1. The van der Waals surface area contributed by atoms with Gasteiger partial charge in [-0.25, -0.2) is 0 Å². The average molecular weight is 632 g/mol. The molecule has 2 unspecified atom stereocenters. The van der Waals surface area contributed by atoms with Crippen molar-refractivity contribution in [2.75, 3.05) is 31.7 Å². The molecule has 7 atom stereocenters. The summed E-state index contributed by atoms with van der Waals surface area (Å²) in [5.74, 6) is -1.10. The van der Waals surface area contributed by atoms with Crippen molar-refractivity contribution in [1.82, 2.24) is 9.80 Å². The Morgan fingerprint density at radius 3 is 2.40 bits per heavy atom. The third-order valence-electron chi connectivity index (χ3n) is 9.94. The van der Waals surface area contributed by atoms with Crippen LogP contribution in [0.1, 0.15) is 38.7 Å². The lowest BCUT2D eigenvalue weighted by Gasteiger charge is -2.41. The lowest BCUT2D eigenvalue weighted by molar-refractivity contribution is -0.146. The van der Waals surface area contributed by atoms with Crippen molar-refractivity contribution >= 4 is 35.2 Å². The van der Waals surface area contributed by atoms with Crippen LogP contribution in [-0.2, 0) is 20.9 Å². The number of rotatable bonds is 14. The maximum atomic E-state index is 14.9. The molecule has 0 aliphatic carbocycles. The van der Waals surface area contributed by atoms with E-state index in [1.54, 1.807) is 57.9 Å². The van der Waals surface area contributed by atoms with Crippen LogP contribution in [-0.4, -0.2) is 81.5 Å². The number of hydrogen-bond donors (Lipinski definition) is 1. The standard InChI is InChI=1S/C36H45N3O5S/c1-6-20-37(22-25-12-10-9-11-13-25)33(41)30-29-18-19-36(45-29)31(30)34(42)39(28(23-40)24(4)8-3)32(36)35(43)38(21-7-2)26-14-16-27(44-5)17-15-26/h6-7,9-17,24,28-32,40H,1-2,8,18-23H2,3-5H3/t24-,28-,29-,30+,31-,32?,36?/m0/s1. The fraction of sp³-hybridized carbons (Fsp3) is 0.472. The SMILES string of the molecule is C=CCN(Cc1ccccc1)C(=O)[C@@H]1[C@@H]2CCC3(S2)C(C(=O)N(CC=C)c2ccc(OC)cc2)N([C@@H](CO)[C@@H](C)CC)C(=O)[C@H]13. The number of hydrogen-bond acceptors (Lipinski definition) is 6. The highest BCUT2D eigenvalue weighted by Crippen LogP contribution is 2.67. The monoisotopic (exact) mass is 631 g/mol. The molecule has 1 N–H and O–H groups in total. The summed E-state index contributed by atoms with van der Waals surface area (Å²) in [6.07, 6.45) is 5.52. The van der Waals surface area contributed by atoms with Gasteiger partial charge < -0.3 is 24.5 Å². The molecule has 9 heteroatoms. The largest absolute Gasteiger partial charge is 0.497 e. The molecule has 240 valence electrons. The molecule has 2 bridgehead atoms. The van der Waals surface area contributed by atoms with Crippen molar-refractivity contribution in [2.24, 2.45) is 17.8 Å². The fourth-order valence-corrected chi connectivity index (χ4v) is 9.78. The van der Waals surface area contributed by atoms with Gasteiger partial charge in [0.2, 0.25) is 11.8 Å². The Hall–Kier alpha value is -3.56. The second-order valence-corrected chi connectivity index (χ2v) is 14.0. The van der Waals surface area contributed by atoms with E-state index in [1.165, 1.54) is 0 Å². The van der Waals surface area contributed by atoms with Crippen LogP contribution in [0.5, 0.6) is 5.75 Å². The molecular formula is C36H45N3O5S. The van der Waals surface area contributed by atoms with Gasteiger partial charge in [-0.2, -0.15) is 0 Å². The molecule has 0 radical (unpaired) electrons. The first kappa shape index (κ1) is 32.8. The van der Waals surface area contributed by atoms with Gasteiger partial charge in [0.05, 0.1) is 36.3 Å². The first-order valence-electron chi connectivity index (χ1n) is 15.9. The Morgan fingerprint density at radius 2 is 1.80 bits per heavy atom. The molecule has 3 amide bonds. The van der Waals surface area contributed by atoms with Crippen molar-refractivity contribution in [3.63, 3.8) is 0 Å². The molecule has 3 aliphatic rings. The van der Waals surface area contributed by atoms with E-state index in [9.17, 15) is 19.5 Å². The summed E-state index contributed by atoms with van der Waals surface area (Å²) in [5.41, 5.74) is 1.67. The molecule has 2 aromatic carbocycles. The number of amides is 3. The maximum Gasteiger partial charge on any atom is 0.251 e. The second kappa shape index (κ2) is 13.8. The number of methoxy groups -OCH3 is 1. The van der Waals surface area contributed by atoms with E-state index < -0.39 is 28.7 Å². The molecule has 45 heavy (non-hydrogen) atoms. The normalized spacial score (nSPS) is 26.2. The van der Waals surface area contributed by atoms with Gasteiger partial charge in [-0.3, -0.25) is 14.4 Å². The first-order chi connectivity index (χ1) is 21.8. The lowest BCUT2D eigenvalue weighted by Crippen LogP contribution is -2.58. The highest BCUT2D eigenvalue weighted by Gasteiger charge is 2.74. The van der Waals surface area contributed by atoms with Crippen LogP contribution < -0.4 is 9.64 Å². The number of carbonyl (C=O) groups excluding carboxylic acids is 3. The topological polar surface area (TPSA) is 90.4 Å². The fourth-order valence-electron chi connectivity index (χ4n) is 7.59. The molecule has 1 spiro atoms. The Labute approximate surface area is 271 Å². The van der Waals surface area contributed by atoms with Gasteiger partial charge in [0.15, 0.2) is 0 Å². The molecule has 3 heterocycles. The zero-order valence-electron chi connectivity index (χ0n) is 26.5. The van der Waals surface area contributed by atoms with Gasteiger partial charge in [-0.1, -0.05) is 62.8 Å². The van der Waals surface area contributed by atoms with Crippen LogP contribution in [0, 0.1) is 17.8 Å². The molecular weight excluding hydrogens is 586 g/mol. The number of anilines is 1. The maximum absolute atomic E-state index is 14.9. The summed E-state index contributed by atoms with van der Waals surface area (Å²) in [7, 11) is 1.59. The van der Waals surface area contributed by atoms with Crippen LogP contribution in [0.3, 0.4) is 0 Å². The molecule has 8 nitrogen and oxygen atoms in total. The van der Waals surface area contributed by atoms with Crippen molar-refractivity contribution in [3.05, 3.63) is 85.5 Å². The van der Waals surface area contributed by atoms with Crippen LogP contribution in [0.4, 0.5) is 5.69 Å². The van der Waals surface area contributed by atoms with Gasteiger partial charge >= 0.3 is 0 Å². The van der Waals surface area contributed by atoms with Crippen molar-refractivity contribution in [3.8, 4) is 5.75 Å². The van der Waals surface area contributed by atoms with Gasteiger partial charge in [-0.05, 0) is 48.6 Å². The molecule has 2 aromatic rings. The summed E-state index contributed by atoms with van der Waals surface area (Å²) in [6, 6.07) is 15.7. The van der Waals surface area contributed by atoms with Gasteiger partial charge in [0.25, 0.3) is 5.91 Å². The molecule has 3 saturated heterocycles. The van der Waals surface area contributed by atoms with Crippen LogP contribution in [0.2, 0.25) is 0 Å². The highest BCUT2D eigenvalue weighted by molar-refractivity contribution is 8.02. The molecule has 0 aromatic heterocycles. The minimum atomic E-state index is -0.835. The predicted octanol–water partition coefficient (Wildman–Crippen LogP) is 4.93. The van der Waals surface area contributed by atoms with E-state index >= 15 is 0 Å². The van der Waals surface area contributed by atoms with E-state index in [-0.39, 0.29) is 42.0 Å². The number of likely N-dealkylation sites (tertiary alicyclic amines) is 1. The smallest absolute Gasteiger partial charge is 0.251 e. The minimum Gasteiger partial charge on any atom is -0.497 e. The Morgan fingerprint density at radius 1 is 1.11 bits per heavy atom. The summed E-state index contributed by atoms with van der Waals surface area (Å²) in [4.78, 5) is 49.3. The Kier molecular flexibility index (Phi) is 10.1. The van der Waals surface area contributed by atoms with Crippen molar-refractivity contribution in [1.29, 1.82) is 0 Å². The number of carbonyl (C=O) groups is 3. The quantitative estimate of drug-likeness (QED) is 0.298. The molecule has 5 rings (SSSR count). The third kappa shape index (κ3) is 5.81. The highest BCUT2D eigenvalue weighted by atomic mass is 32.2. The predicted molar refractivity (Wildman–Crippen MR) is 179 cm³/mol. The summed E-state index contributed by atoms with van der Waals surface area (Å²) in [6.45, 7) is 12.6. The summed E-state index contributed by atoms with van der Waals surface area (Å²) < 4.78 is 4.56. The van der Waals surface area contributed by atoms with E-state index in [1.807, 2.05) is 56.3 Å². The van der Waals surface area contributed by atoms with E-state index in [4.69, 9.17) is 4.74 Å². The second-order valence-electron chi connectivity index (χ2n) is 12.4. The van der Waals surface area contributed by atoms with Gasteiger partial charge in [0, 0.05) is 30.6 Å². The average Bonchev–Trinajstić information content (AvgIpc) is 3.71. The number of benzene rings is 2. The summed E-state index contributed by atoms with van der Waals surface area (Å²) >= 11 is 1.64. The summed E-state index contributed by atoms with van der Waals surface area (Å²) in [5, 5.41) is 10.6. The number of aliphatic hydroxyl groups excluding tert-OH is 1. The zero-order valence-corrected chi connectivity index (χ0v) is 27.3. The van der Waals surface area contributed by atoms with E-state index in [0.717, 1.165) is 18.4 Å². The lowest BCUT2D eigenvalue weighted by atomic mass is 9.70. The van der Waals surface area contributed by atoms with Crippen molar-refractivity contribution < 1.29 is 24.2 Å². The van der Waals surface area contributed by atoms with Gasteiger partial charge in [-0.15, -0.1) is 24.9 Å². The van der Waals surface area contributed by atoms with E-state index in [2.05, 4.69) is 13.2 Å². The van der Waals surface area contributed by atoms with E-state index in [0.29, 0.717) is 30.9 Å². The van der Waals surface area contributed by atoms with Gasteiger partial charge in [0.1, 0.15) is 11.8 Å². The van der Waals surface area contributed by atoms with Crippen molar-refractivity contribution in [2.45, 2.75) is 61.7 Å². The zero-order chi connectivity index (χ0) is 32.3. The first-order valence-corrected chi connectivity index (χ1v) is 16.7. The third-order valence-corrected chi connectivity index (χ3v) is 11.9. The minimum absolute atomic E-state index is 0.0509. The Balaban J connectivity index is 1.57. The number of ether oxygens (including phenoxy) is 1. The number of aliphatic hydroxyl groups is 1. The number of nitrogens with zero attached hydrogens (tertiary/aromatic N) is 3. The molecule has 3 fully saturated rings.